The van der Waals surface area contributed by atoms with Crippen LogP contribution in [0.1, 0.15) is 5.56 Å². The largest absolute Gasteiger partial charge is 0.383 e. The lowest BCUT2D eigenvalue weighted by Crippen LogP contribution is -1.97. The molecule has 0 amide bonds. The summed E-state index contributed by atoms with van der Waals surface area (Å²) in [7, 11) is 1.85. The van der Waals surface area contributed by atoms with Gasteiger partial charge >= 0.3 is 0 Å². The van der Waals surface area contributed by atoms with Crippen LogP contribution in [0.2, 0.25) is 5.02 Å². The number of hydrogen-bond donors (Lipinski definition) is 1. The number of nitrogen functional groups attached to an aromatic ring is 1. The summed E-state index contributed by atoms with van der Waals surface area (Å²) in [5, 5.41) is 5.27. The van der Waals surface area contributed by atoms with Gasteiger partial charge in [-0.1, -0.05) is 53.6 Å². The van der Waals surface area contributed by atoms with Crippen molar-refractivity contribution < 1.29 is 0 Å². The van der Waals surface area contributed by atoms with Crippen molar-refractivity contribution in [1.29, 1.82) is 0 Å². The smallest absolute Gasteiger partial charge is 0.129 e. The van der Waals surface area contributed by atoms with E-state index >= 15 is 0 Å². The number of hydrogen-bond acceptors (Lipinski definition) is 2. The van der Waals surface area contributed by atoms with E-state index in [-0.39, 0.29) is 0 Å². The Labute approximate surface area is 129 Å². The zero-order valence-electron chi connectivity index (χ0n) is 12.0. The highest BCUT2D eigenvalue weighted by Gasteiger charge is 2.17. The summed E-state index contributed by atoms with van der Waals surface area (Å²) >= 11 is 5.97. The van der Waals surface area contributed by atoms with Gasteiger partial charge in [0.25, 0.3) is 0 Å². The normalized spacial score (nSPS) is 10.8. The summed E-state index contributed by atoms with van der Waals surface area (Å²) in [5.41, 5.74) is 11.3. The van der Waals surface area contributed by atoms with Crippen molar-refractivity contribution in [1.82, 2.24) is 9.78 Å². The first-order valence-corrected chi connectivity index (χ1v) is 7.09. The van der Waals surface area contributed by atoms with Crippen LogP contribution in [0.4, 0.5) is 5.82 Å². The van der Waals surface area contributed by atoms with Crippen molar-refractivity contribution in [3.05, 3.63) is 59.1 Å². The number of halogens is 1. The van der Waals surface area contributed by atoms with Crippen LogP contribution in [-0.2, 0) is 7.05 Å². The molecule has 0 fully saturated rings. The second kappa shape index (κ2) is 5.26. The zero-order chi connectivity index (χ0) is 15.0. The molecule has 2 N–H and O–H groups in total. The maximum absolute atomic E-state index is 6.21. The highest BCUT2D eigenvalue weighted by Crippen LogP contribution is 2.36. The SMILES string of the molecule is Cc1ccc(-c2nn(C)c(N)c2-c2ccc(Cl)cc2)cc1. The molecule has 1 aromatic heterocycles. The minimum Gasteiger partial charge on any atom is -0.383 e. The van der Waals surface area contributed by atoms with Gasteiger partial charge in [-0.25, -0.2) is 0 Å². The van der Waals surface area contributed by atoms with Crippen LogP contribution in [0, 0.1) is 6.92 Å². The molecule has 0 unspecified atom stereocenters. The topological polar surface area (TPSA) is 43.8 Å². The predicted octanol–water partition coefficient (Wildman–Crippen LogP) is 4.30. The minimum atomic E-state index is 0.646. The van der Waals surface area contributed by atoms with E-state index in [0.29, 0.717) is 10.8 Å². The van der Waals surface area contributed by atoms with Crippen LogP contribution >= 0.6 is 11.6 Å². The molecular formula is C17H16ClN3. The Morgan fingerprint density at radius 2 is 1.52 bits per heavy atom. The predicted molar refractivity (Wildman–Crippen MR) is 88.2 cm³/mol. The molecule has 21 heavy (non-hydrogen) atoms. The third kappa shape index (κ3) is 2.52. The number of nitrogens with zero attached hydrogens (tertiary/aromatic N) is 2. The molecule has 3 nitrogen and oxygen atoms in total. The van der Waals surface area contributed by atoms with Gasteiger partial charge in [0.15, 0.2) is 0 Å². The second-order valence-electron chi connectivity index (χ2n) is 5.11. The maximum atomic E-state index is 6.21. The lowest BCUT2D eigenvalue weighted by atomic mass is 10.0. The van der Waals surface area contributed by atoms with Crippen molar-refractivity contribution in [3.8, 4) is 22.4 Å². The van der Waals surface area contributed by atoms with Gasteiger partial charge in [0, 0.05) is 17.6 Å². The van der Waals surface area contributed by atoms with Gasteiger partial charge in [-0.3, -0.25) is 4.68 Å². The summed E-state index contributed by atoms with van der Waals surface area (Å²) in [6, 6.07) is 15.9. The first-order chi connectivity index (χ1) is 10.1. The minimum absolute atomic E-state index is 0.646. The fraction of sp³-hybridized carbons (Fsp3) is 0.118. The molecule has 3 rings (SSSR count). The molecule has 0 aliphatic heterocycles. The number of nitrogens with two attached hydrogens (primary N) is 1. The number of benzene rings is 2. The van der Waals surface area contributed by atoms with E-state index in [1.165, 1.54) is 5.56 Å². The summed E-state index contributed by atoms with van der Waals surface area (Å²) in [6.07, 6.45) is 0. The Hall–Kier alpha value is -2.26. The van der Waals surface area contributed by atoms with E-state index < -0.39 is 0 Å². The average Bonchev–Trinajstić information content (AvgIpc) is 2.77. The van der Waals surface area contributed by atoms with Gasteiger partial charge in [0.05, 0.1) is 5.56 Å². The Bertz CT molecular complexity index is 771. The van der Waals surface area contributed by atoms with Gasteiger partial charge in [0.1, 0.15) is 11.5 Å². The van der Waals surface area contributed by atoms with Crippen LogP contribution < -0.4 is 5.73 Å². The van der Waals surface area contributed by atoms with Gasteiger partial charge < -0.3 is 5.73 Å². The summed E-state index contributed by atoms with van der Waals surface area (Å²) < 4.78 is 1.71. The molecule has 0 aliphatic rings. The van der Waals surface area contributed by atoms with Gasteiger partial charge in [-0.15, -0.1) is 0 Å². The molecule has 0 saturated carbocycles. The van der Waals surface area contributed by atoms with E-state index in [2.05, 4.69) is 36.3 Å². The molecule has 4 heteroatoms. The first kappa shape index (κ1) is 13.7. The number of rotatable bonds is 2. The second-order valence-corrected chi connectivity index (χ2v) is 5.54. The lowest BCUT2D eigenvalue weighted by Gasteiger charge is -2.05. The highest BCUT2D eigenvalue weighted by atomic mass is 35.5. The van der Waals surface area contributed by atoms with Crippen molar-refractivity contribution in [2.24, 2.45) is 7.05 Å². The fourth-order valence-corrected chi connectivity index (χ4v) is 2.48. The highest BCUT2D eigenvalue weighted by molar-refractivity contribution is 6.30. The van der Waals surface area contributed by atoms with Crippen LogP contribution in [0.5, 0.6) is 0 Å². The summed E-state index contributed by atoms with van der Waals surface area (Å²) in [6.45, 7) is 2.07. The van der Waals surface area contributed by atoms with Gasteiger partial charge in [-0.2, -0.15) is 5.10 Å². The third-order valence-electron chi connectivity index (χ3n) is 3.55. The molecule has 3 aromatic rings. The molecule has 0 bridgehead atoms. The van der Waals surface area contributed by atoms with E-state index in [0.717, 1.165) is 22.4 Å². The van der Waals surface area contributed by atoms with Crippen LogP contribution in [-0.4, -0.2) is 9.78 Å². The Balaban J connectivity index is 2.20. The first-order valence-electron chi connectivity index (χ1n) is 6.71. The molecule has 0 spiro atoms. The Morgan fingerprint density at radius 1 is 0.952 bits per heavy atom. The molecule has 0 aliphatic carbocycles. The zero-order valence-corrected chi connectivity index (χ0v) is 12.7. The fourth-order valence-electron chi connectivity index (χ4n) is 2.35. The van der Waals surface area contributed by atoms with Gasteiger partial charge in [-0.05, 0) is 24.6 Å². The van der Waals surface area contributed by atoms with E-state index in [9.17, 15) is 0 Å². The Kier molecular flexibility index (Phi) is 3.43. The number of aromatic nitrogens is 2. The summed E-state index contributed by atoms with van der Waals surface area (Å²) in [4.78, 5) is 0. The van der Waals surface area contributed by atoms with Crippen molar-refractivity contribution >= 4 is 17.4 Å². The molecular weight excluding hydrogens is 282 g/mol. The Morgan fingerprint density at radius 3 is 2.14 bits per heavy atom. The quantitative estimate of drug-likeness (QED) is 0.766. The van der Waals surface area contributed by atoms with E-state index in [1.54, 1.807) is 4.68 Å². The molecule has 106 valence electrons. The number of aryl methyl sites for hydroxylation is 2. The van der Waals surface area contributed by atoms with E-state index in [1.807, 2.05) is 31.3 Å². The van der Waals surface area contributed by atoms with Crippen molar-refractivity contribution in [2.75, 3.05) is 5.73 Å². The standard InChI is InChI=1S/C17H16ClN3/c1-11-3-5-13(6-4-11)16-15(17(19)21(2)20-16)12-7-9-14(18)10-8-12/h3-10H,19H2,1-2H3. The third-order valence-corrected chi connectivity index (χ3v) is 3.80. The lowest BCUT2D eigenvalue weighted by molar-refractivity contribution is 0.782. The van der Waals surface area contributed by atoms with Crippen LogP contribution in [0.25, 0.3) is 22.4 Å². The monoisotopic (exact) mass is 297 g/mol. The maximum Gasteiger partial charge on any atom is 0.129 e. The molecule has 1 heterocycles. The van der Waals surface area contributed by atoms with Crippen molar-refractivity contribution in [2.45, 2.75) is 6.92 Å². The van der Waals surface area contributed by atoms with Crippen LogP contribution in [0.15, 0.2) is 48.5 Å². The molecule has 0 atom stereocenters. The molecule has 2 aromatic carbocycles. The number of anilines is 1. The molecule has 0 radical (unpaired) electrons. The summed E-state index contributed by atoms with van der Waals surface area (Å²) in [5.74, 6) is 0.646. The van der Waals surface area contributed by atoms with Crippen molar-refractivity contribution in [3.63, 3.8) is 0 Å². The van der Waals surface area contributed by atoms with Crippen LogP contribution in [0.3, 0.4) is 0 Å². The average molecular weight is 298 g/mol. The van der Waals surface area contributed by atoms with E-state index in [4.69, 9.17) is 17.3 Å². The van der Waals surface area contributed by atoms with Gasteiger partial charge in [0.2, 0.25) is 0 Å². The molecule has 0 saturated heterocycles.